The number of nitrogens with zero attached hydrogens (tertiary/aromatic N) is 2. The van der Waals surface area contributed by atoms with Gasteiger partial charge in [0.25, 0.3) is 0 Å². The molecule has 5 heteroatoms. The number of hydrogen-bond acceptors (Lipinski definition) is 4. The van der Waals surface area contributed by atoms with Gasteiger partial charge in [-0.3, -0.25) is 4.79 Å². The highest BCUT2D eigenvalue weighted by Crippen LogP contribution is 2.17. The number of esters is 1. The van der Waals surface area contributed by atoms with Crippen LogP contribution in [0.15, 0.2) is 41.3 Å². The molecule has 0 aliphatic carbocycles. The van der Waals surface area contributed by atoms with Crippen molar-refractivity contribution in [3.63, 3.8) is 0 Å². The van der Waals surface area contributed by atoms with Crippen LogP contribution >= 0.6 is 0 Å². The van der Waals surface area contributed by atoms with Crippen molar-refractivity contribution < 1.29 is 9.53 Å². The van der Waals surface area contributed by atoms with Crippen molar-refractivity contribution in [1.82, 2.24) is 9.78 Å². The minimum absolute atomic E-state index is 0.218. The molecule has 0 N–H and O–H groups in total. The average molecular weight is 272 g/mol. The van der Waals surface area contributed by atoms with E-state index in [9.17, 15) is 9.59 Å². The third-order valence-corrected chi connectivity index (χ3v) is 2.99. The van der Waals surface area contributed by atoms with Gasteiger partial charge in [0.15, 0.2) is 0 Å². The molecular weight excluding hydrogens is 256 g/mol. The highest BCUT2D eigenvalue weighted by molar-refractivity contribution is 5.86. The summed E-state index contributed by atoms with van der Waals surface area (Å²) in [7, 11) is 1.22. The Morgan fingerprint density at radius 3 is 2.70 bits per heavy atom. The first-order valence-corrected chi connectivity index (χ1v) is 6.31. The van der Waals surface area contributed by atoms with Crippen LogP contribution in [0.1, 0.15) is 35.8 Å². The smallest absolute Gasteiger partial charge is 0.362 e. The van der Waals surface area contributed by atoms with Gasteiger partial charge in [-0.15, -0.1) is 0 Å². The van der Waals surface area contributed by atoms with Gasteiger partial charge < -0.3 is 4.74 Å². The van der Waals surface area contributed by atoms with Crippen molar-refractivity contribution in [3.8, 4) is 5.69 Å². The summed E-state index contributed by atoms with van der Waals surface area (Å²) in [6.07, 6.45) is 1.54. The molecule has 0 saturated heterocycles. The fraction of sp³-hybridized carbons (Fsp3) is 0.267. The molecule has 2 rings (SSSR count). The van der Waals surface area contributed by atoms with Crippen LogP contribution in [0.4, 0.5) is 0 Å². The van der Waals surface area contributed by atoms with Crippen molar-refractivity contribution in [2.24, 2.45) is 0 Å². The fourth-order valence-electron chi connectivity index (χ4n) is 1.82. The van der Waals surface area contributed by atoms with Crippen molar-refractivity contribution in [1.29, 1.82) is 0 Å². The second-order valence-electron chi connectivity index (χ2n) is 4.71. The summed E-state index contributed by atoms with van der Waals surface area (Å²) in [6.45, 7) is 4.19. The van der Waals surface area contributed by atoms with Crippen LogP contribution in [0.2, 0.25) is 0 Å². The molecular formula is C15H16N2O3. The van der Waals surface area contributed by atoms with E-state index in [1.54, 1.807) is 0 Å². The highest BCUT2D eigenvalue weighted by Gasteiger charge is 2.13. The lowest BCUT2D eigenvalue weighted by molar-refractivity contribution is 0.0590. The molecule has 1 aromatic carbocycles. The topological polar surface area (TPSA) is 61.2 Å². The van der Waals surface area contributed by atoms with E-state index in [0.717, 1.165) is 11.3 Å². The number of hydrogen-bond donors (Lipinski definition) is 0. The van der Waals surface area contributed by atoms with Crippen LogP contribution in [0.25, 0.3) is 5.69 Å². The SMILES string of the molecule is COC(=O)c1nn(-c2cccc(C(C)C)c2)ccc1=O. The maximum absolute atomic E-state index is 11.6. The predicted molar refractivity (Wildman–Crippen MR) is 75.3 cm³/mol. The molecule has 0 atom stereocenters. The fourth-order valence-corrected chi connectivity index (χ4v) is 1.82. The Morgan fingerprint density at radius 1 is 1.30 bits per heavy atom. The molecule has 0 bridgehead atoms. The van der Waals surface area contributed by atoms with Gasteiger partial charge in [0.1, 0.15) is 0 Å². The summed E-state index contributed by atoms with van der Waals surface area (Å²) in [5, 5.41) is 4.04. The van der Waals surface area contributed by atoms with E-state index < -0.39 is 11.4 Å². The minimum Gasteiger partial charge on any atom is -0.464 e. The van der Waals surface area contributed by atoms with Crippen LogP contribution < -0.4 is 5.43 Å². The quantitative estimate of drug-likeness (QED) is 0.803. The molecule has 0 amide bonds. The largest absolute Gasteiger partial charge is 0.464 e. The van der Waals surface area contributed by atoms with Crippen molar-refractivity contribution in [3.05, 3.63) is 58.0 Å². The van der Waals surface area contributed by atoms with E-state index >= 15 is 0 Å². The molecule has 0 aliphatic heterocycles. The van der Waals surface area contributed by atoms with E-state index in [0.29, 0.717) is 5.92 Å². The van der Waals surface area contributed by atoms with E-state index in [1.165, 1.54) is 24.1 Å². The summed E-state index contributed by atoms with van der Waals surface area (Å²) < 4.78 is 6.05. The zero-order valence-corrected chi connectivity index (χ0v) is 11.7. The number of benzene rings is 1. The number of carbonyl (C=O) groups is 1. The number of ether oxygens (including phenoxy) is 1. The molecule has 2 aromatic rings. The minimum atomic E-state index is -0.732. The maximum atomic E-state index is 11.6. The van der Waals surface area contributed by atoms with E-state index in [1.807, 2.05) is 24.3 Å². The Balaban J connectivity index is 2.51. The normalized spacial score (nSPS) is 10.6. The van der Waals surface area contributed by atoms with Crippen molar-refractivity contribution >= 4 is 5.97 Å². The van der Waals surface area contributed by atoms with Gasteiger partial charge in [0.05, 0.1) is 12.8 Å². The first-order valence-electron chi connectivity index (χ1n) is 6.31. The molecule has 0 unspecified atom stereocenters. The zero-order chi connectivity index (χ0) is 14.7. The first kappa shape index (κ1) is 14.0. The number of methoxy groups -OCH3 is 1. The lowest BCUT2D eigenvalue weighted by Gasteiger charge is -2.10. The third-order valence-electron chi connectivity index (χ3n) is 2.99. The molecule has 0 aliphatic rings. The predicted octanol–water partition coefficient (Wildman–Crippen LogP) is 2.14. The first-order chi connectivity index (χ1) is 9.52. The Kier molecular flexibility index (Phi) is 3.98. The molecule has 104 valence electrons. The Hall–Kier alpha value is -2.43. The van der Waals surface area contributed by atoms with Crippen molar-refractivity contribution in [2.75, 3.05) is 7.11 Å². The second-order valence-corrected chi connectivity index (χ2v) is 4.71. The van der Waals surface area contributed by atoms with Crippen molar-refractivity contribution in [2.45, 2.75) is 19.8 Å². The van der Waals surface area contributed by atoms with Crippen LogP contribution in [-0.4, -0.2) is 22.9 Å². The number of aromatic nitrogens is 2. The van der Waals surface area contributed by atoms with Crippen LogP contribution in [-0.2, 0) is 4.74 Å². The maximum Gasteiger partial charge on any atom is 0.362 e. The highest BCUT2D eigenvalue weighted by atomic mass is 16.5. The van der Waals surface area contributed by atoms with Gasteiger partial charge in [-0.1, -0.05) is 26.0 Å². The van der Waals surface area contributed by atoms with Gasteiger partial charge in [-0.25, -0.2) is 9.48 Å². The zero-order valence-electron chi connectivity index (χ0n) is 11.7. The Bertz CT molecular complexity index is 690. The molecule has 20 heavy (non-hydrogen) atoms. The van der Waals surface area contributed by atoms with Crippen LogP contribution in [0.5, 0.6) is 0 Å². The molecule has 0 spiro atoms. The molecule has 0 radical (unpaired) electrons. The summed E-state index contributed by atoms with van der Waals surface area (Å²) >= 11 is 0. The standard InChI is InChI=1S/C15H16N2O3/c1-10(2)11-5-4-6-12(9-11)17-8-7-13(18)14(16-17)15(19)20-3/h4-10H,1-3H3. The Labute approximate surface area is 116 Å². The number of carbonyl (C=O) groups excluding carboxylic acids is 1. The van der Waals surface area contributed by atoms with Gasteiger partial charge in [0, 0.05) is 12.3 Å². The van der Waals surface area contributed by atoms with Gasteiger partial charge >= 0.3 is 5.97 Å². The van der Waals surface area contributed by atoms with E-state index in [2.05, 4.69) is 23.7 Å². The summed E-state index contributed by atoms with van der Waals surface area (Å²) in [6, 6.07) is 9.09. The average Bonchev–Trinajstić information content (AvgIpc) is 2.47. The van der Waals surface area contributed by atoms with E-state index in [-0.39, 0.29) is 5.69 Å². The molecule has 0 fully saturated rings. The van der Waals surface area contributed by atoms with Crippen LogP contribution in [0.3, 0.4) is 0 Å². The lowest BCUT2D eigenvalue weighted by atomic mass is 10.0. The van der Waals surface area contributed by atoms with Gasteiger partial charge in [-0.05, 0) is 23.6 Å². The third kappa shape index (κ3) is 2.77. The van der Waals surface area contributed by atoms with E-state index in [4.69, 9.17) is 0 Å². The summed E-state index contributed by atoms with van der Waals surface area (Å²) in [4.78, 5) is 23.1. The molecule has 1 aromatic heterocycles. The van der Waals surface area contributed by atoms with Gasteiger partial charge in [0.2, 0.25) is 11.1 Å². The van der Waals surface area contributed by atoms with Crippen LogP contribution in [0, 0.1) is 0 Å². The Morgan fingerprint density at radius 2 is 2.05 bits per heavy atom. The molecule has 0 saturated carbocycles. The monoisotopic (exact) mass is 272 g/mol. The summed E-state index contributed by atoms with van der Waals surface area (Å²) in [5.41, 5.74) is 1.28. The van der Waals surface area contributed by atoms with Gasteiger partial charge in [-0.2, -0.15) is 5.10 Å². The summed E-state index contributed by atoms with van der Waals surface area (Å²) in [5.74, 6) is -0.348. The molecule has 5 nitrogen and oxygen atoms in total. The number of rotatable bonds is 3. The lowest BCUT2D eigenvalue weighted by Crippen LogP contribution is -2.21. The molecule has 1 heterocycles. The second kappa shape index (κ2) is 5.69.